The van der Waals surface area contributed by atoms with Crippen LogP contribution in [0.15, 0.2) is 73.1 Å². The SMILES string of the molecule is COC(=O)N[C@H](C(=O)N(C1CC1)[C@@H](C)c1ncc(-c2ccc(-c3ccc(-c4ccc(-c5cnc([C@@H]6CC7CC7N6C(=O)[C@@H](NC(=O)OC)C(C)C)[nH]5)cc4)c4c3CCC43CCCC3)cc2)[nH]1)C(C)C. The van der Waals surface area contributed by atoms with Gasteiger partial charge >= 0.3 is 12.2 Å². The predicted octanol–water partition coefficient (Wildman–Crippen LogP) is 10.0. The molecule has 2 unspecified atom stereocenters. The summed E-state index contributed by atoms with van der Waals surface area (Å²) < 4.78 is 9.68. The molecule has 1 spiro atoms. The lowest BCUT2D eigenvalue weighted by Gasteiger charge is -2.33. The largest absolute Gasteiger partial charge is 0.453 e. The lowest BCUT2D eigenvalue weighted by atomic mass is 9.76. The number of H-pyrrole nitrogens is 2. The number of alkyl carbamates (subject to hydrolysis) is 2. The third-order valence-electron chi connectivity index (χ3n) is 15.9. The van der Waals surface area contributed by atoms with E-state index in [9.17, 15) is 19.2 Å². The third kappa shape index (κ3) is 8.69. The minimum Gasteiger partial charge on any atom is -0.453 e. The van der Waals surface area contributed by atoms with Crippen LogP contribution in [0.4, 0.5) is 9.59 Å². The van der Waals surface area contributed by atoms with Crippen molar-refractivity contribution in [3.8, 4) is 44.8 Å². The van der Waals surface area contributed by atoms with Gasteiger partial charge in [-0.3, -0.25) is 9.59 Å². The number of hydrogen-bond acceptors (Lipinski definition) is 8. The fourth-order valence-electron chi connectivity index (χ4n) is 12.0. The molecule has 14 heteroatoms. The zero-order valence-electron chi connectivity index (χ0n) is 40.9. The van der Waals surface area contributed by atoms with E-state index in [0.29, 0.717) is 11.7 Å². The van der Waals surface area contributed by atoms with Gasteiger partial charge in [0, 0.05) is 12.1 Å². The number of carbonyl (C=O) groups excluding carboxylic acids is 4. The van der Waals surface area contributed by atoms with Gasteiger partial charge < -0.3 is 39.9 Å². The summed E-state index contributed by atoms with van der Waals surface area (Å²) >= 11 is 0. The van der Waals surface area contributed by atoms with Crippen LogP contribution >= 0.6 is 0 Å². The van der Waals surface area contributed by atoms with E-state index in [1.807, 2.05) is 56.8 Å². The molecule has 5 aromatic rings. The molecule has 4 aliphatic carbocycles. The highest BCUT2D eigenvalue weighted by molar-refractivity contribution is 5.88. The first kappa shape index (κ1) is 46.3. The summed E-state index contributed by atoms with van der Waals surface area (Å²) in [7, 11) is 2.62. The number of benzene rings is 3. The van der Waals surface area contributed by atoms with Crippen molar-refractivity contribution in [2.75, 3.05) is 14.2 Å². The van der Waals surface area contributed by atoms with Crippen LogP contribution < -0.4 is 10.6 Å². The van der Waals surface area contributed by atoms with Crippen LogP contribution in [-0.2, 0) is 30.9 Å². The number of rotatable bonds is 14. The zero-order chi connectivity index (χ0) is 48.3. The van der Waals surface area contributed by atoms with Crippen molar-refractivity contribution < 1.29 is 28.7 Å². The van der Waals surface area contributed by atoms with Gasteiger partial charge in [0.05, 0.1) is 50.1 Å². The van der Waals surface area contributed by atoms with Crippen LogP contribution in [0.3, 0.4) is 0 Å². The standard InChI is InChI=1S/C55H66N8O6/c1-30(2)47(60-53(66)68-6)51(64)62(38-18-19-38)32(5)49-56-28-42(58-49)35-14-10-33(11-15-35)39-20-21-40(46-41(39)22-25-55(46)23-8-9-24-55)34-12-16-36(17-13-34)43-29-57-50(59-43)45-27-37-26-44(37)63(45)52(65)48(31(3)4)61-54(67)69-7/h10-17,20-21,28-32,37-38,44-45,47-48H,8-9,18-19,22-27H2,1-7H3,(H,56,58)(H,57,59)(H,60,66)(H,61,67)/t32-,37?,44?,45-,47-,48-/m0/s1. The summed E-state index contributed by atoms with van der Waals surface area (Å²) in [6, 6.07) is 20.7. The van der Waals surface area contributed by atoms with E-state index >= 15 is 0 Å². The van der Waals surface area contributed by atoms with Gasteiger partial charge in [-0.25, -0.2) is 19.6 Å². The Hall–Kier alpha value is -6.44. The highest BCUT2D eigenvalue weighted by atomic mass is 16.5. The number of amides is 4. The van der Waals surface area contributed by atoms with Crippen molar-refractivity contribution in [1.29, 1.82) is 0 Å². The Labute approximate surface area is 404 Å². The molecule has 3 saturated carbocycles. The van der Waals surface area contributed by atoms with Crippen LogP contribution in [0.25, 0.3) is 44.8 Å². The second kappa shape index (κ2) is 18.5. The molecule has 1 saturated heterocycles. The molecule has 3 heterocycles. The molecular formula is C55H66N8O6. The van der Waals surface area contributed by atoms with E-state index in [1.54, 1.807) is 0 Å². The first-order valence-electron chi connectivity index (χ1n) is 25.1. The number of aromatic nitrogens is 4. The monoisotopic (exact) mass is 935 g/mol. The zero-order valence-corrected chi connectivity index (χ0v) is 40.9. The average Bonchev–Trinajstić information content (AvgIpc) is 3.89. The number of fused-ring (bicyclic) bond motifs is 3. The highest BCUT2D eigenvalue weighted by Gasteiger charge is 2.56. The lowest BCUT2D eigenvalue weighted by Crippen LogP contribution is -2.52. The van der Waals surface area contributed by atoms with Gasteiger partial charge in [-0.15, -0.1) is 0 Å². The second-order valence-electron chi connectivity index (χ2n) is 20.9. The normalized spacial score (nSPS) is 21.2. The number of carbonyl (C=O) groups is 4. The van der Waals surface area contributed by atoms with Crippen molar-refractivity contribution in [2.24, 2.45) is 17.8 Å². The molecule has 14 nitrogen and oxygen atoms in total. The average molecular weight is 935 g/mol. The van der Waals surface area contributed by atoms with Crippen molar-refractivity contribution in [1.82, 2.24) is 40.4 Å². The maximum absolute atomic E-state index is 14.0. The first-order valence-corrected chi connectivity index (χ1v) is 25.1. The van der Waals surface area contributed by atoms with Gasteiger partial charge in [-0.1, -0.05) is 101 Å². The fourth-order valence-corrected chi connectivity index (χ4v) is 12.0. The topological polar surface area (TPSA) is 175 Å². The molecule has 0 radical (unpaired) electrons. The second-order valence-corrected chi connectivity index (χ2v) is 20.9. The summed E-state index contributed by atoms with van der Waals surface area (Å²) in [6.07, 6.45) is 13.4. The minimum atomic E-state index is -0.700. The lowest BCUT2D eigenvalue weighted by molar-refractivity contribution is -0.138. The maximum atomic E-state index is 14.0. The number of nitrogens with one attached hydrogen (secondary N) is 4. The van der Waals surface area contributed by atoms with Crippen molar-refractivity contribution in [3.05, 3.63) is 95.8 Å². The summed E-state index contributed by atoms with van der Waals surface area (Å²) in [6.45, 7) is 9.72. The molecule has 1 aliphatic heterocycles. The van der Waals surface area contributed by atoms with Gasteiger partial charge in [0.15, 0.2) is 0 Å². The van der Waals surface area contributed by atoms with Gasteiger partial charge in [0.2, 0.25) is 11.8 Å². The van der Waals surface area contributed by atoms with Gasteiger partial charge in [0.1, 0.15) is 23.7 Å². The number of aromatic amines is 2. The summed E-state index contributed by atoms with van der Waals surface area (Å²) in [5, 5.41) is 5.52. The Morgan fingerprint density at radius 1 is 0.710 bits per heavy atom. The van der Waals surface area contributed by atoms with Crippen molar-refractivity contribution in [2.45, 2.75) is 140 Å². The van der Waals surface area contributed by atoms with Crippen LogP contribution in [-0.4, -0.2) is 92.1 Å². The molecule has 4 amide bonds. The molecule has 4 N–H and O–H groups in total. The van der Waals surface area contributed by atoms with E-state index < -0.39 is 24.3 Å². The quantitative estimate of drug-likeness (QED) is 0.0851. The van der Waals surface area contributed by atoms with Gasteiger partial charge in [-0.05, 0) is 126 Å². The number of likely N-dealkylation sites (tertiary alicyclic amines) is 1. The minimum absolute atomic E-state index is 0.0851. The molecule has 5 aliphatic rings. The number of nitrogens with zero attached hydrogens (tertiary/aromatic N) is 4. The van der Waals surface area contributed by atoms with Crippen LogP contribution in [0, 0.1) is 17.8 Å². The van der Waals surface area contributed by atoms with Crippen LogP contribution in [0.2, 0.25) is 0 Å². The Kier molecular flexibility index (Phi) is 12.4. The summed E-state index contributed by atoms with van der Waals surface area (Å²) in [5.41, 5.74) is 12.0. The van der Waals surface area contributed by atoms with E-state index in [0.717, 1.165) is 60.4 Å². The smallest absolute Gasteiger partial charge is 0.407 e. The number of imidazole rings is 2. The number of ether oxygens (including phenoxy) is 2. The molecular weight excluding hydrogens is 869 g/mol. The van der Waals surface area contributed by atoms with Crippen molar-refractivity contribution in [3.63, 3.8) is 0 Å². The van der Waals surface area contributed by atoms with E-state index in [4.69, 9.17) is 19.4 Å². The molecule has 3 aromatic carbocycles. The summed E-state index contributed by atoms with van der Waals surface area (Å²) in [5.74, 6) is 1.52. The predicted molar refractivity (Wildman–Crippen MR) is 264 cm³/mol. The van der Waals surface area contributed by atoms with Crippen LogP contribution in [0.1, 0.15) is 127 Å². The third-order valence-corrected chi connectivity index (χ3v) is 15.9. The Morgan fingerprint density at radius 3 is 1.88 bits per heavy atom. The van der Waals surface area contributed by atoms with Crippen molar-refractivity contribution >= 4 is 24.0 Å². The fraction of sp³-hybridized carbons (Fsp3) is 0.491. The maximum Gasteiger partial charge on any atom is 0.407 e. The summed E-state index contributed by atoms with van der Waals surface area (Å²) in [4.78, 5) is 72.8. The Morgan fingerprint density at radius 2 is 1.28 bits per heavy atom. The molecule has 10 rings (SSSR count). The Bertz CT molecular complexity index is 2730. The number of hydrogen-bond donors (Lipinski definition) is 4. The molecule has 2 aromatic heterocycles. The van der Waals surface area contributed by atoms with E-state index in [-0.39, 0.29) is 53.2 Å². The number of methoxy groups -OCH3 is 2. The highest BCUT2D eigenvalue weighted by Crippen LogP contribution is 2.56. The molecule has 362 valence electrons. The van der Waals surface area contributed by atoms with Gasteiger partial charge in [-0.2, -0.15) is 0 Å². The molecule has 6 atom stereocenters. The Balaban J connectivity index is 0.875. The molecule has 0 bridgehead atoms. The first-order chi connectivity index (χ1) is 33.3. The number of piperidine rings is 1. The van der Waals surface area contributed by atoms with Crippen LogP contribution in [0.5, 0.6) is 0 Å². The van der Waals surface area contributed by atoms with E-state index in [1.165, 1.54) is 79.7 Å². The molecule has 4 fully saturated rings. The molecule has 69 heavy (non-hydrogen) atoms. The van der Waals surface area contributed by atoms with E-state index in [2.05, 4.69) is 81.3 Å². The van der Waals surface area contributed by atoms with Gasteiger partial charge in [0.25, 0.3) is 0 Å².